The van der Waals surface area contributed by atoms with E-state index in [9.17, 15) is 18.0 Å². The number of nitrogens with one attached hydrogen (secondary N) is 2. The number of halogens is 3. The minimum absolute atomic E-state index is 0.0715. The largest absolute Gasteiger partial charge is 0.413 e. The molecule has 1 amide bonds. The number of rotatable bonds is 3. The lowest BCUT2D eigenvalue weighted by Crippen LogP contribution is -2.32. The molecular formula is C11H15F3N2O. The molecule has 6 heteroatoms. The Morgan fingerprint density at radius 2 is 2.18 bits per heavy atom. The summed E-state index contributed by atoms with van der Waals surface area (Å²) in [5, 5.41) is 5.05. The molecule has 1 rings (SSSR count). The maximum Gasteiger partial charge on any atom is 0.413 e. The molecule has 0 spiro atoms. The van der Waals surface area contributed by atoms with Crippen molar-refractivity contribution in [3.05, 3.63) is 23.4 Å². The summed E-state index contributed by atoms with van der Waals surface area (Å²) in [6.07, 6.45) is -1.46. The van der Waals surface area contributed by atoms with E-state index in [4.69, 9.17) is 0 Å². The van der Waals surface area contributed by atoms with Crippen molar-refractivity contribution in [2.75, 3.05) is 13.6 Å². The van der Waals surface area contributed by atoms with Crippen molar-refractivity contribution in [3.8, 4) is 0 Å². The van der Waals surface area contributed by atoms with Crippen molar-refractivity contribution < 1.29 is 18.0 Å². The van der Waals surface area contributed by atoms with Gasteiger partial charge in [-0.25, -0.2) is 0 Å². The quantitative estimate of drug-likeness (QED) is 0.798. The zero-order chi connectivity index (χ0) is 13.1. The topological polar surface area (TPSA) is 41.1 Å². The van der Waals surface area contributed by atoms with Gasteiger partial charge in [-0.05, 0) is 25.5 Å². The Labute approximate surface area is 97.8 Å². The maximum atomic E-state index is 12.6. The molecule has 0 radical (unpaired) electrons. The van der Waals surface area contributed by atoms with E-state index < -0.39 is 17.7 Å². The van der Waals surface area contributed by atoms with Crippen LogP contribution in [0.4, 0.5) is 13.2 Å². The fraction of sp³-hybridized carbons (Fsp3) is 0.545. The molecule has 0 fully saturated rings. The number of alkyl halides is 3. The summed E-state index contributed by atoms with van der Waals surface area (Å²) < 4.78 is 37.9. The van der Waals surface area contributed by atoms with Crippen LogP contribution in [0.3, 0.4) is 0 Å². The minimum Gasteiger partial charge on any atom is -0.325 e. The van der Waals surface area contributed by atoms with E-state index in [1.165, 1.54) is 6.92 Å². The number of hydrogen-bond acceptors (Lipinski definition) is 2. The third kappa shape index (κ3) is 3.89. The molecule has 3 nitrogen and oxygen atoms in total. The number of hydrogen-bond donors (Lipinski definition) is 2. The van der Waals surface area contributed by atoms with Crippen LogP contribution >= 0.6 is 0 Å². The molecule has 0 aromatic heterocycles. The van der Waals surface area contributed by atoms with Crippen molar-refractivity contribution in [1.29, 1.82) is 0 Å². The molecule has 1 aliphatic carbocycles. The van der Waals surface area contributed by atoms with E-state index in [1.807, 2.05) is 0 Å². The highest BCUT2D eigenvalue weighted by molar-refractivity contribution is 5.80. The van der Waals surface area contributed by atoms with Crippen LogP contribution in [-0.2, 0) is 4.79 Å². The van der Waals surface area contributed by atoms with Gasteiger partial charge in [-0.2, -0.15) is 13.2 Å². The van der Waals surface area contributed by atoms with Crippen LogP contribution in [0.1, 0.15) is 13.3 Å². The van der Waals surface area contributed by atoms with Gasteiger partial charge in [0.05, 0.1) is 6.54 Å². The molecule has 0 aromatic carbocycles. The smallest absolute Gasteiger partial charge is 0.325 e. The van der Waals surface area contributed by atoms with Crippen LogP contribution in [0.25, 0.3) is 0 Å². The summed E-state index contributed by atoms with van der Waals surface area (Å²) >= 11 is 0. The summed E-state index contributed by atoms with van der Waals surface area (Å²) in [7, 11) is 1.59. The van der Waals surface area contributed by atoms with Crippen LogP contribution < -0.4 is 10.6 Å². The minimum atomic E-state index is -4.34. The van der Waals surface area contributed by atoms with Crippen molar-refractivity contribution >= 4 is 5.91 Å². The fourth-order valence-electron chi connectivity index (χ4n) is 1.61. The Bertz CT molecular complexity index is 358. The van der Waals surface area contributed by atoms with Crippen LogP contribution in [0.2, 0.25) is 0 Å². The van der Waals surface area contributed by atoms with Gasteiger partial charge in [0, 0.05) is 11.3 Å². The van der Waals surface area contributed by atoms with Crippen molar-refractivity contribution in [2.45, 2.75) is 19.5 Å². The Morgan fingerprint density at radius 1 is 1.53 bits per heavy atom. The molecule has 1 unspecified atom stereocenters. The lowest BCUT2D eigenvalue weighted by Gasteiger charge is -2.22. The Morgan fingerprint density at radius 3 is 2.71 bits per heavy atom. The molecule has 1 aliphatic rings. The Kier molecular flexibility index (Phi) is 4.34. The number of carbonyl (C=O) groups excluding carboxylic acids is 1. The van der Waals surface area contributed by atoms with E-state index in [1.54, 1.807) is 13.1 Å². The first-order valence-corrected chi connectivity index (χ1v) is 5.28. The van der Waals surface area contributed by atoms with E-state index in [-0.39, 0.29) is 24.6 Å². The van der Waals surface area contributed by atoms with Crippen LogP contribution in [0.15, 0.2) is 23.4 Å². The summed E-state index contributed by atoms with van der Waals surface area (Å²) in [5.41, 5.74) is -0.379. The Hall–Kier alpha value is -1.30. The van der Waals surface area contributed by atoms with Gasteiger partial charge >= 0.3 is 6.18 Å². The van der Waals surface area contributed by atoms with E-state index in [2.05, 4.69) is 10.6 Å². The number of likely N-dealkylation sites (N-methyl/N-ethyl adjacent to an activating group) is 1. The van der Waals surface area contributed by atoms with Gasteiger partial charge in [-0.3, -0.25) is 4.79 Å². The molecule has 0 aromatic rings. The highest BCUT2D eigenvalue weighted by Gasteiger charge is 2.37. The zero-order valence-electron chi connectivity index (χ0n) is 9.69. The summed E-state index contributed by atoms with van der Waals surface area (Å²) in [4.78, 5) is 11.2. The predicted octanol–water partition coefficient (Wildman–Crippen LogP) is 1.73. The molecule has 17 heavy (non-hydrogen) atoms. The standard InChI is InChI=1S/C11H15F3N2O/c1-7-3-4-8(16-10(17)6-15-2)5-9(7)11(12,13)14/h4-5,7,15H,3,6H2,1-2H3,(H,16,17). The average molecular weight is 248 g/mol. The monoisotopic (exact) mass is 248 g/mol. The molecule has 0 saturated heterocycles. The highest BCUT2D eigenvalue weighted by Crippen LogP contribution is 2.36. The summed E-state index contributed by atoms with van der Waals surface area (Å²) in [6, 6.07) is 0. The first kappa shape index (κ1) is 13.8. The SMILES string of the molecule is CNCC(=O)NC1=CCC(C)C(C(F)(F)F)=C1. The fourth-order valence-corrected chi connectivity index (χ4v) is 1.61. The highest BCUT2D eigenvalue weighted by atomic mass is 19.4. The van der Waals surface area contributed by atoms with Gasteiger partial charge in [0.1, 0.15) is 0 Å². The second kappa shape index (κ2) is 5.35. The van der Waals surface area contributed by atoms with Crippen molar-refractivity contribution in [3.63, 3.8) is 0 Å². The molecule has 0 bridgehead atoms. The van der Waals surface area contributed by atoms with Gasteiger partial charge in [0.25, 0.3) is 0 Å². The first-order chi connectivity index (χ1) is 7.84. The lowest BCUT2D eigenvalue weighted by molar-refractivity contribution is -0.119. The van der Waals surface area contributed by atoms with Crippen LogP contribution in [-0.4, -0.2) is 25.7 Å². The summed E-state index contributed by atoms with van der Waals surface area (Å²) in [5.74, 6) is -0.925. The number of carbonyl (C=O) groups is 1. The van der Waals surface area contributed by atoms with E-state index in [0.29, 0.717) is 0 Å². The molecular weight excluding hydrogens is 233 g/mol. The zero-order valence-corrected chi connectivity index (χ0v) is 9.69. The van der Waals surface area contributed by atoms with Gasteiger partial charge in [-0.15, -0.1) is 0 Å². The average Bonchev–Trinajstić information content (AvgIpc) is 2.19. The second-order valence-electron chi connectivity index (χ2n) is 3.97. The third-order valence-electron chi connectivity index (χ3n) is 2.48. The molecule has 1 atom stereocenters. The van der Waals surface area contributed by atoms with Crippen molar-refractivity contribution in [1.82, 2.24) is 10.6 Å². The predicted molar refractivity (Wildman–Crippen MR) is 58.1 cm³/mol. The summed E-state index contributed by atoms with van der Waals surface area (Å²) in [6.45, 7) is 1.59. The number of amides is 1. The Balaban J connectivity index is 2.77. The molecule has 0 aliphatic heterocycles. The van der Waals surface area contributed by atoms with E-state index >= 15 is 0 Å². The molecule has 0 heterocycles. The van der Waals surface area contributed by atoms with E-state index in [0.717, 1.165) is 6.08 Å². The first-order valence-electron chi connectivity index (χ1n) is 5.28. The third-order valence-corrected chi connectivity index (χ3v) is 2.48. The lowest BCUT2D eigenvalue weighted by atomic mass is 9.91. The van der Waals surface area contributed by atoms with Gasteiger partial charge in [0.2, 0.25) is 5.91 Å². The van der Waals surface area contributed by atoms with Crippen LogP contribution in [0.5, 0.6) is 0 Å². The van der Waals surface area contributed by atoms with Crippen molar-refractivity contribution in [2.24, 2.45) is 5.92 Å². The number of allylic oxidation sites excluding steroid dienone is 3. The maximum absolute atomic E-state index is 12.6. The molecule has 96 valence electrons. The molecule has 2 N–H and O–H groups in total. The second-order valence-corrected chi connectivity index (χ2v) is 3.97. The van der Waals surface area contributed by atoms with Gasteiger partial charge < -0.3 is 10.6 Å². The van der Waals surface area contributed by atoms with Gasteiger partial charge in [0.15, 0.2) is 0 Å². The normalized spacial score (nSPS) is 20.6. The van der Waals surface area contributed by atoms with Gasteiger partial charge in [-0.1, -0.05) is 13.0 Å². The molecule has 0 saturated carbocycles. The van der Waals surface area contributed by atoms with Crippen LogP contribution in [0, 0.1) is 5.92 Å².